The topological polar surface area (TPSA) is 116 Å². The molecular weight excluding hydrogens is 312 g/mol. The molecule has 1 saturated carbocycles. The number of aliphatic carboxylic acids is 1. The van der Waals surface area contributed by atoms with Gasteiger partial charge < -0.3 is 14.7 Å². The fraction of sp³-hybridized carbons (Fsp3) is 0.750. The number of likely N-dealkylation sites (tertiary alicyclic amines) is 1. The first-order valence-corrected chi connectivity index (χ1v) is 8.03. The molecule has 1 aliphatic carbocycles. The second-order valence-electron chi connectivity index (χ2n) is 7.56. The van der Waals surface area contributed by atoms with Crippen LogP contribution in [0, 0.1) is 17.8 Å². The lowest BCUT2D eigenvalue weighted by Crippen LogP contribution is -2.44. The molecule has 0 aromatic heterocycles. The zero-order valence-electron chi connectivity index (χ0n) is 14.3. The Labute approximate surface area is 141 Å². The first-order chi connectivity index (χ1) is 11.1. The zero-order chi connectivity index (χ0) is 18.1. The van der Waals surface area contributed by atoms with Gasteiger partial charge in [0.1, 0.15) is 11.1 Å². The monoisotopic (exact) mass is 336 g/mol. The Morgan fingerprint density at radius 3 is 2.67 bits per heavy atom. The molecule has 24 heavy (non-hydrogen) atoms. The van der Waals surface area contributed by atoms with Crippen molar-refractivity contribution in [3.63, 3.8) is 0 Å². The minimum absolute atomic E-state index is 0.0240. The van der Waals surface area contributed by atoms with E-state index in [1.165, 1.54) is 0 Å². The van der Waals surface area contributed by atoms with E-state index in [0.29, 0.717) is 19.5 Å². The molecule has 8 nitrogen and oxygen atoms in total. The van der Waals surface area contributed by atoms with Gasteiger partial charge in [0.25, 0.3) is 0 Å². The van der Waals surface area contributed by atoms with E-state index in [2.05, 4.69) is 16.6 Å². The summed E-state index contributed by atoms with van der Waals surface area (Å²) < 4.78 is 5.40. The molecule has 1 amide bonds. The van der Waals surface area contributed by atoms with Crippen LogP contribution >= 0.6 is 0 Å². The van der Waals surface area contributed by atoms with Crippen LogP contribution in [0.2, 0.25) is 0 Å². The fourth-order valence-electron chi connectivity index (χ4n) is 3.98. The maximum absolute atomic E-state index is 12.3. The lowest BCUT2D eigenvalue weighted by Gasteiger charge is -2.30. The maximum atomic E-state index is 12.3. The molecule has 2 aliphatic rings. The fourth-order valence-corrected chi connectivity index (χ4v) is 3.98. The molecule has 0 bridgehead atoms. The number of azide groups is 1. The summed E-state index contributed by atoms with van der Waals surface area (Å²) in [4.78, 5) is 28.5. The van der Waals surface area contributed by atoms with Crippen molar-refractivity contribution in [1.82, 2.24) is 4.90 Å². The molecule has 8 heteroatoms. The first-order valence-electron chi connectivity index (χ1n) is 8.03. The van der Waals surface area contributed by atoms with Gasteiger partial charge in [0.2, 0.25) is 0 Å². The number of nitrogens with zero attached hydrogens (tertiary/aromatic N) is 4. The lowest BCUT2D eigenvalue weighted by molar-refractivity contribution is -0.145. The van der Waals surface area contributed by atoms with Crippen LogP contribution in [0.3, 0.4) is 0 Å². The Balaban J connectivity index is 2.22. The molecular formula is C16H24N4O4. The number of ether oxygens (including phenoxy) is 1. The Kier molecular flexibility index (Phi) is 4.80. The summed E-state index contributed by atoms with van der Waals surface area (Å²) in [6, 6.07) is 0. The largest absolute Gasteiger partial charge is 0.481 e. The number of carbonyl (C=O) groups is 2. The predicted molar refractivity (Wildman–Crippen MR) is 87.2 cm³/mol. The van der Waals surface area contributed by atoms with Crippen LogP contribution in [0.5, 0.6) is 0 Å². The number of rotatable bonds is 4. The highest BCUT2D eigenvalue weighted by Gasteiger charge is 2.60. The smallest absolute Gasteiger partial charge is 0.410 e. The maximum Gasteiger partial charge on any atom is 0.410 e. The van der Waals surface area contributed by atoms with E-state index in [1.807, 2.05) is 0 Å². The third kappa shape index (κ3) is 3.19. The van der Waals surface area contributed by atoms with Crippen molar-refractivity contribution >= 4 is 12.1 Å². The minimum atomic E-state index is -1.46. The van der Waals surface area contributed by atoms with Gasteiger partial charge in [-0.25, -0.2) is 4.79 Å². The molecule has 1 saturated heterocycles. The SMILES string of the molecule is C=CC[C@H]1[C@@H]2CN(C(=O)OC(C)(C)C)C[C@@H]2CC1(N=[N+]=[N-])C(=O)O. The molecule has 0 radical (unpaired) electrons. The Bertz CT molecular complexity index is 589. The minimum Gasteiger partial charge on any atom is -0.481 e. The third-order valence-electron chi connectivity index (χ3n) is 4.86. The number of carbonyl (C=O) groups excluding carboxylic acids is 1. The molecule has 2 fully saturated rings. The summed E-state index contributed by atoms with van der Waals surface area (Å²) in [6.07, 6.45) is 1.91. The number of fused-ring (bicyclic) bond motifs is 1. The van der Waals surface area contributed by atoms with Crippen LogP contribution in [0.4, 0.5) is 4.79 Å². The Morgan fingerprint density at radius 2 is 2.17 bits per heavy atom. The molecule has 2 rings (SSSR count). The van der Waals surface area contributed by atoms with Crippen molar-refractivity contribution in [2.45, 2.75) is 44.8 Å². The van der Waals surface area contributed by atoms with Crippen LogP contribution in [-0.2, 0) is 9.53 Å². The number of amides is 1. The van der Waals surface area contributed by atoms with Gasteiger partial charge in [0.05, 0.1) is 0 Å². The highest BCUT2D eigenvalue weighted by atomic mass is 16.6. The summed E-state index contributed by atoms with van der Waals surface area (Å²) in [7, 11) is 0. The molecule has 132 valence electrons. The molecule has 0 spiro atoms. The van der Waals surface area contributed by atoms with Crippen molar-refractivity contribution in [2.75, 3.05) is 13.1 Å². The Morgan fingerprint density at radius 1 is 1.50 bits per heavy atom. The quantitative estimate of drug-likeness (QED) is 0.367. The van der Waals surface area contributed by atoms with E-state index in [4.69, 9.17) is 10.3 Å². The molecule has 1 N–H and O–H groups in total. The van der Waals surface area contributed by atoms with Gasteiger partial charge in [-0.2, -0.15) is 0 Å². The second-order valence-corrected chi connectivity index (χ2v) is 7.56. The molecule has 0 aromatic carbocycles. The standard InChI is InChI=1S/C16H24N4O4/c1-5-6-12-11-9-20(14(23)24-15(2,3)4)8-10(11)7-16(12,13(21)22)18-19-17/h5,10-12H,1,6-9H2,2-4H3,(H,21,22)/t10-,11+,12-,16?/m0/s1. The molecule has 1 unspecified atom stereocenters. The zero-order valence-corrected chi connectivity index (χ0v) is 14.3. The first kappa shape index (κ1) is 18.1. The molecule has 0 aromatic rings. The van der Waals surface area contributed by atoms with Gasteiger partial charge in [-0.15, -0.1) is 6.58 Å². The van der Waals surface area contributed by atoms with E-state index in [1.54, 1.807) is 31.7 Å². The van der Waals surface area contributed by atoms with Gasteiger partial charge in [0.15, 0.2) is 0 Å². The van der Waals surface area contributed by atoms with Gasteiger partial charge in [-0.1, -0.05) is 11.2 Å². The van der Waals surface area contributed by atoms with Gasteiger partial charge in [-0.05, 0) is 56.9 Å². The molecule has 1 heterocycles. The third-order valence-corrected chi connectivity index (χ3v) is 4.86. The molecule has 4 atom stereocenters. The highest BCUT2D eigenvalue weighted by Crippen LogP contribution is 2.52. The van der Waals surface area contributed by atoms with Crippen molar-refractivity contribution in [1.29, 1.82) is 0 Å². The van der Waals surface area contributed by atoms with Gasteiger partial charge >= 0.3 is 12.1 Å². The van der Waals surface area contributed by atoms with E-state index >= 15 is 0 Å². The van der Waals surface area contributed by atoms with Gasteiger partial charge in [-0.3, -0.25) is 4.79 Å². The van der Waals surface area contributed by atoms with Crippen molar-refractivity contribution < 1.29 is 19.4 Å². The predicted octanol–water partition coefficient (Wildman–Crippen LogP) is 3.20. The number of carboxylic acid groups (broad SMARTS) is 1. The van der Waals surface area contributed by atoms with Crippen LogP contribution < -0.4 is 0 Å². The van der Waals surface area contributed by atoms with E-state index in [9.17, 15) is 14.7 Å². The van der Waals surface area contributed by atoms with Gasteiger partial charge in [0, 0.05) is 18.0 Å². The normalized spacial score (nSPS) is 32.0. The number of allylic oxidation sites excluding steroid dienone is 1. The van der Waals surface area contributed by atoms with Crippen molar-refractivity contribution in [2.24, 2.45) is 22.9 Å². The van der Waals surface area contributed by atoms with E-state index < -0.39 is 17.1 Å². The second kappa shape index (κ2) is 6.36. The Hall–Kier alpha value is -2.21. The summed E-state index contributed by atoms with van der Waals surface area (Å²) in [5, 5.41) is 13.3. The average Bonchev–Trinajstić information content (AvgIpc) is 2.96. The number of carboxylic acids is 1. The van der Waals surface area contributed by atoms with Crippen LogP contribution in [0.1, 0.15) is 33.6 Å². The number of hydrogen-bond donors (Lipinski definition) is 1. The van der Waals surface area contributed by atoms with Crippen molar-refractivity contribution in [3.8, 4) is 0 Å². The van der Waals surface area contributed by atoms with Crippen molar-refractivity contribution in [3.05, 3.63) is 23.1 Å². The lowest BCUT2D eigenvalue weighted by atomic mass is 9.81. The highest BCUT2D eigenvalue weighted by molar-refractivity contribution is 5.80. The average molecular weight is 336 g/mol. The number of hydrogen-bond acceptors (Lipinski definition) is 4. The summed E-state index contributed by atoms with van der Waals surface area (Å²) >= 11 is 0. The van der Waals surface area contributed by atoms with Crippen LogP contribution in [0.15, 0.2) is 17.8 Å². The van der Waals surface area contributed by atoms with E-state index in [0.717, 1.165) is 0 Å². The molecule has 1 aliphatic heterocycles. The summed E-state index contributed by atoms with van der Waals surface area (Å²) in [5.41, 5.74) is 6.80. The van der Waals surface area contributed by atoms with Crippen LogP contribution in [0.25, 0.3) is 10.4 Å². The van der Waals surface area contributed by atoms with E-state index in [-0.39, 0.29) is 30.3 Å². The summed E-state index contributed by atoms with van der Waals surface area (Å²) in [5.74, 6) is -1.55. The summed E-state index contributed by atoms with van der Waals surface area (Å²) in [6.45, 7) is 9.94. The van der Waals surface area contributed by atoms with Crippen LogP contribution in [-0.4, -0.2) is 46.3 Å².